The topological polar surface area (TPSA) is 50.4 Å². The maximum Gasteiger partial charge on any atom is 0.417 e. The molecule has 0 amide bonds. The molecule has 0 saturated heterocycles. The number of alkyl halides is 3. The molecule has 7 heteroatoms. The van der Waals surface area contributed by atoms with Gasteiger partial charge in [-0.3, -0.25) is 0 Å². The Kier molecular flexibility index (Phi) is 4.40. The van der Waals surface area contributed by atoms with Gasteiger partial charge in [-0.15, -0.1) is 0 Å². The Morgan fingerprint density at radius 2 is 1.71 bits per heavy atom. The minimum absolute atomic E-state index is 0.114. The van der Waals surface area contributed by atoms with Crippen LogP contribution in [0.25, 0.3) is 11.0 Å². The zero-order valence-corrected chi connectivity index (χ0v) is 14.6. The largest absolute Gasteiger partial charge is 0.478 e. The maximum absolute atomic E-state index is 14.0. The van der Waals surface area contributed by atoms with E-state index in [1.54, 1.807) is 12.1 Å². The first-order chi connectivity index (χ1) is 13.2. The van der Waals surface area contributed by atoms with Crippen molar-refractivity contribution in [3.63, 3.8) is 0 Å². The van der Waals surface area contributed by atoms with E-state index in [4.69, 9.17) is 9.52 Å². The van der Waals surface area contributed by atoms with Crippen molar-refractivity contribution in [2.24, 2.45) is 0 Å². The Morgan fingerprint density at radius 3 is 2.36 bits per heavy atom. The molecule has 28 heavy (non-hydrogen) atoms. The number of hydrogen-bond donors (Lipinski definition) is 1. The van der Waals surface area contributed by atoms with Crippen LogP contribution in [0.4, 0.5) is 17.6 Å². The molecule has 0 spiro atoms. The summed E-state index contributed by atoms with van der Waals surface area (Å²) in [6, 6.07) is 9.42. The first-order valence-corrected chi connectivity index (χ1v) is 8.86. The third-order valence-corrected chi connectivity index (χ3v) is 5.42. The summed E-state index contributed by atoms with van der Waals surface area (Å²) in [4.78, 5) is 11.0. The van der Waals surface area contributed by atoms with Crippen LogP contribution in [-0.2, 0) is 6.18 Å². The van der Waals surface area contributed by atoms with Gasteiger partial charge in [-0.25, -0.2) is 9.18 Å². The summed E-state index contributed by atoms with van der Waals surface area (Å²) >= 11 is 0. The van der Waals surface area contributed by atoms with Crippen LogP contribution >= 0.6 is 0 Å². The van der Waals surface area contributed by atoms with E-state index in [1.165, 1.54) is 18.2 Å². The molecular weight excluding hydrogens is 376 g/mol. The Morgan fingerprint density at radius 1 is 1.04 bits per heavy atom. The number of carbonyl (C=O) groups is 1. The first-order valence-electron chi connectivity index (χ1n) is 8.86. The highest BCUT2D eigenvalue weighted by Crippen LogP contribution is 2.46. The van der Waals surface area contributed by atoms with Crippen LogP contribution in [0.15, 0.2) is 46.9 Å². The molecular formula is C21H16F4O3. The van der Waals surface area contributed by atoms with Gasteiger partial charge in [0.25, 0.3) is 0 Å². The van der Waals surface area contributed by atoms with E-state index in [0.29, 0.717) is 18.6 Å². The van der Waals surface area contributed by atoms with Gasteiger partial charge in [0.2, 0.25) is 0 Å². The van der Waals surface area contributed by atoms with Gasteiger partial charge in [-0.2, -0.15) is 13.2 Å². The molecule has 1 aliphatic carbocycles. The van der Waals surface area contributed by atoms with Gasteiger partial charge < -0.3 is 9.52 Å². The van der Waals surface area contributed by atoms with Crippen molar-refractivity contribution in [1.29, 1.82) is 0 Å². The molecule has 0 bridgehead atoms. The van der Waals surface area contributed by atoms with Crippen molar-refractivity contribution in [3.05, 3.63) is 70.7 Å². The molecule has 1 saturated carbocycles. The van der Waals surface area contributed by atoms with Gasteiger partial charge in [-0.1, -0.05) is 12.1 Å². The molecule has 0 radical (unpaired) electrons. The standard InChI is InChI=1S/C21H16F4O3/c22-17-8-7-16(21(23,24)25)15-10-18(28-19(15)17)14-6-5-13(9-14)11-1-3-12(4-2-11)20(26)27/h1-4,7-8,10,13-14H,5-6,9H2,(H,26,27). The number of carboxylic acids is 1. The third-order valence-electron chi connectivity index (χ3n) is 5.42. The molecule has 1 heterocycles. The van der Waals surface area contributed by atoms with E-state index in [-0.39, 0.29) is 28.4 Å². The van der Waals surface area contributed by atoms with Crippen molar-refractivity contribution in [3.8, 4) is 0 Å². The molecule has 1 aliphatic rings. The van der Waals surface area contributed by atoms with E-state index in [0.717, 1.165) is 24.1 Å². The Labute approximate surface area is 157 Å². The lowest BCUT2D eigenvalue weighted by Crippen LogP contribution is -2.05. The number of fused-ring (bicyclic) bond motifs is 1. The predicted octanol–water partition coefficient (Wildman–Crippen LogP) is 6.34. The molecule has 3 nitrogen and oxygen atoms in total. The molecule has 2 atom stereocenters. The van der Waals surface area contributed by atoms with Crippen LogP contribution in [0.1, 0.15) is 58.3 Å². The molecule has 1 N–H and O–H groups in total. The summed E-state index contributed by atoms with van der Waals surface area (Å²) in [6.45, 7) is 0. The molecule has 1 aromatic heterocycles. The highest BCUT2D eigenvalue weighted by atomic mass is 19.4. The second-order valence-electron chi connectivity index (χ2n) is 7.12. The highest BCUT2D eigenvalue weighted by molar-refractivity contribution is 5.87. The van der Waals surface area contributed by atoms with Crippen molar-refractivity contribution in [1.82, 2.24) is 0 Å². The molecule has 0 aliphatic heterocycles. The monoisotopic (exact) mass is 392 g/mol. The fourth-order valence-corrected chi connectivity index (χ4v) is 4.00. The average Bonchev–Trinajstić information content (AvgIpc) is 3.28. The Hall–Kier alpha value is -2.83. The van der Waals surface area contributed by atoms with E-state index >= 15 is 0 Å². The molecule has 4 rings (SSSR count). The number of benzene rings is 2. The molecule has 2 aromatic carbocycles. The second kappa shape index (κ2) is 6.65. The lowest BCUT2D eigenvalue weighted by Gasteiger charge is -2.10. The summed E-state index contributed by atoms with van der Waals surface area (Å²) in [6.07, 6.45) is -2.44. The summed E-state index contributed by atoms with van der Waals surface area (Å²) < 4.78 is 59.1. The molecule has 1 fully saturated rings. The lowest BCUT2D eigenvalue weighted by atomic mass is 9.94. The quantitative estimate of drug-likeness (QED) is 0.529. The maximum atomic E-state index is 14.0. The van der Waals surface area contributed by atoms with Crippen molar-refractivity contribution < 1.29 is 31.9 Å². The van der Waals surface area contributed by atoms with Crippen LogP contribution in [-0.4, -0.2) is 11.1 Å². The van der Waals surface area contributed by atoms with E-state index < -0.39 is 23.5 Å². The first kappa shape index (κ1) is 18.5. The highest BCUT2D eigenvalue weighted by Gasteiger charge is 2.36. The fraction of sp³-hybridized carbons (Fsp3) is 0.286. The normalized spacial score (nSPS) is 20.0. The molecule has 2 unspecified atom stereocenters. The number of halogens is 4. The smallest absolute Gasteiger partial charge is 0.417 e. The zero-order chi connectivity index (χ0) is 20.1. The van der Waals surface area contributed by atoms with Crippen LogP contribution in [0.5, 0.6) is 0 Å². The Bertz CT molecular complexity index is 1030. The predicted molar refractivity (Wildman–Crippen MR) is 93.9 cm³/mol. The van der Waals surface area contributed by atoms with Gasteiger partial charge in [-0.05, 0) is 61.1 Å². The number of hydrogen-bond acceptors (Lipinski definition) is 2. The third kappa shape index (κ3) is 3.25. The van der Waals surface area contributed by atoms with Crippen molar-refractivity contribution in [2.45, 2.75) is 37.3 Å². The minimum Gasteiger partial charge on any atom is -0.478 e. The fourth-order valence-electron chi connectivity index (χ4n) is 4.00. The molecule has 3 aromatic rings. The van der Waals surface area contributed by atoms with Crippen LogP contribution < -0.4 is 0 Å². The van der Waals surface area contributed by atoms with Crippen molar-refractivity contribution >= 4 is 16.9 Å². The lowest BCUT2D eigenvalue weighted by molar-refractivity contribution is -0.136. The van der Waals surface area contributed by atoms with Gasteiger partial charge in [0.1, 0.15) is 5.76 Å². The summed E-state index contributed by atoms with van der Waals surface area (Å²) in [5, 5.41) is 8.73. The van der Waals surface area contributed by atoms with E-state index in [2.05, 4.69) is 0 Å². The van der Waals surface area contributed by atoms with Crippen LogP contribution in [0, 0.1) is 5.82 Å². The number of rotatable bonds is 3. The molecule has 146 valence electrons. The van der Waals surface area contributed by atoms with E-state index in [1.807, 2.05) is 0 Å². The number of aromatic carboxylic acids is 1. The van der Waals surface area contributed by atoms with Gasteiger partial charge >= 0.3 is 12.1 Å². The summed E-state index contributed by atoms with van der Waals surface area (Å²) in [5.74, 6) is -1.42. The number of furan rings is 1. The summed E-state index contributed by atoms with van der Waals surface area (Å²) in [7, 11) is 0. The average molecular weight is 392 g/mol. The van der Waals surface area contributed by atoms with Crippen LogP contribution in [0.3, 0.4) is 0 Å². The Balaban J connectivity index is 1.61. The zero-order valence-electron chi connectivity index (χ0n) is 14.6. The minimum atomic E-state index is -4.59. The van der Waals surface area contributed by atoms with Gasteiger partial charge in [0, 0.05) is 11.3 Å². The van der Waals surface area contributed by atoms with Crippen LogP contribution in [0.2, 0.25) is 0 Å². The van der Waals surface area contributed by atoms with Crippen molar-refractivity contribution in [2.75, 3.05) is 0 Å². The SMILES string of the molecule is O=C(O)c1ccc(C2CCC(c3cc4c(C(F)(F)F)ccc(F)c4o3)C2)cc1. The van der Waals surface area contributed by atoms with Gasteiger partial charge in [0.05, 0.1) is 11.1 Å². The second-order valence-corrected chi connectivity index (χ2v) is 7.12. The summed E-state index contributed by atoms with van der Waals surface area (Å²) in [5.41, 5.74) is -0.0895. The van der Waals surface area contributed by atoms with E-state index in [9.17, 15) is 22.4 Å². The number of carboxylic acid groups (broad SMARTS) is 1. The van der Waals surface area contributed by atoms with Gasteiger partial charge in [0.15, 0.2) is 11.4 Å².